The molecule has 0 radical (unpaired) electrons. The van der Waals surface area contributed by atoms with Gasteiger partial charge < -0.3 is 4.98 Å². The molecule has 3 nitrogen and oxygen atoms in total. The molecule has 0 fully saturated rings. The first-order chi connectivity index (χ1) is 10.2. The third-order valence-corrected chi connectivity index (χ3v) is 3.56. The molecular formula is C18H14N2O. The fraction of sp³-hybridized carbons (Fsp3) is 0.111. The first kappa shape index (κ1) is 13.1. The Kier molecular flexibility index (Phi) is 3.29. The third kappa shape index (κ3) is 2.56. The van der Waals surface area contributed by atoms with Crippen LogP contribution in [0.5, 0.6) is 0 Å². The summed E-state index contributed by atoms with van der Waals surface area (Å²) in [7, 11) is 0. The van der Waals surface area contributed by atoms with E-state index in [1.807, 2.05) is 37.3 Å². The van der Waals surface area contributed by atoms with E-state index in [1.54, 1.807) is 18.3 Å². The van der Waals surface area contributed by atoms with Crippen molar-refractivity contribution >= 4 is 16.7 Å². The van der Waals surface area contributed by atoms with E-state index in [9.17, 15) is 4.79 Å². The van der Waals surface area contributed by atoms with Crippen LogP contribution in [0.1, 0.15) is 27.0 Å². The number of rotatable bonds is 3. The van der Waals surface area contributed by atoms with Crippen LogP contribution in [0.25, 0.3) is 10.9 Å². The molecule has 1 aromatic heterocycles. The number of benzene rings is 2. The predicted octanol–water partition coefficient (Wildman–Crippen LogP) is 3.77. The van der Waals surface area contributed by atoms with Crippen LogP contribution >= 0.6 is 0 Å². The van der Waals surface area contributed by atoms with Crippen LogP contribution in [0.3, 0.4) is 0 Å². The van der Waals surface area contributed by atoms with Crippen molar-refractivity contribution in [1.82, 2.24) is 4.98 Å². The van der Waals surface area contributed by atoms with E-state index in [2.05, 4.69) is 11.1 Å². The molecule has 0 saturated carbocycles. The zero-order valence-electron chi connectivity index (χ0n) is 11.7. The number of carbonyl (C=O) groups is 1. The molecule has 2 aromatic carbocycles. The zero-order valence-corrected chi connectivity index (χ0v) is 11.7. The van der Waals surface area contributed by atoms with Crippen molar-refractivity contribution < 1.29 is 4.79 Å². The molecule has 0 unspecified atom stereocenters. The van der Waals surface area contributed by atoms with Gasteiger partial charge in [0.2, 0.25) is 0 Å². The number of hydrogen-bond donors (Lipinski definition) is 1. The van der Waals surface area contributed by atoms with Gasteiger partial charge >= 0.3 is 0 Å². The minimum absolute atomic E-state index is 0.0574. The summed E-state index contributed by atoms with van der Waals surface area (Å²) in [5.74, 6) is 0.0574. The third-order valence-electron chi connectivity index (χ3n) is 3.56. The normalized spacial score (nSPS) is 10.5. The number of nitrogens with one attached hydrogen (secondary N) is 1. The molecule has 1 heterocycles. The Hall–Kier alpha value is -2.86. The van der Waals surface area contributed by atoms with Crippen LogP contribution in [0.4, 0.5) is 0 Å². The smallest absolute Gasteiger partial charge is 0.169 e. The number of nitriles is 1. The molecule has 3 aromatic rings. The molecule has 0 bridgehead atoms. The SMILES string of the molecule is Cc1cccc(CC(=O)c2c[nH]c3ccc(C#N)cc23)c1. The van der Waals surface area contributed by atoms with Gasteiger partial charge in [0.15, 0.2) is 5.78 Å². The van der Waals surface area contributed by atoms with E-state index < -0.39 is 0 Å². The van der Waals surface area contributed by atoms with Crippen molar-refractivity contribution in [3.8, 4) is 6.07 Å². The maximum atomic E-state index is 12.5. The van der Waals surface area contributed by atoms with Gasteiger partial charge in [0.05, 0.1) is 11.6 Å². The van der Waals surface area contributed by atoms with Crippen molar-refractivity contribution in [2.45, 2.75) is 13.3 Å². The number of ketones is 1. The maximum absolute atomic E-state index is 12.5. The van der Waals surface area contributed by atoms with Crippen molar-refractivity contribution in [2.24, 2.45) is 0 Å². The zero-order chi connectivity index (χ0) is 14.8. The topological polar surface area (TPSA) is 56.6 Å². The lowest BCUT2D eigenvalue weighted by molar-refractivity contribution is 0.0994. The van der Waals surface area contributed by atoms with Crippen molar-refractivity contribution in [2.75, 3.05) is 0 Å². The molecule has 0 saturated heterocycles. The number of fused-ring (bicyclic) bond motifs is 1. The second-order valence-corrected chi connectivity index (χ2v) is 5.16. The first-order valence-electron chi connectivity index (χ1n) is 6.77. The lowest BCUT2D eigenvalue weighted by Gasteiger charge is -2.02. The summed E-state index contributed by atoms with van der Waals surface area (Å²) in [6, 6.07) is 15.4. The Labute approximate surface area is 122 Å². The van der Waals surface area contributed by atoms with Crippen LogP contribution in [0, 0.1) is 18.3 Å². The maximum Gasteiger partial charge on any atom is 0.169 e. The molecule has 21 heavy (non-hydrogen) atoms. The fourth-order valence-corrected chi connectivity index (χ4v) is 2.52. The van der Waals surface area contributed by atoms with Crippen LogP contribution in [-0.4, -0.2) is 10.8 Å². The summed E-state index contributed by atoms with van der Waals surface area (Å²) in [6.07, 6.45) is 2.09. The van der Waals surface area contributed by atoms with E-state index in [0.717, 1.165) is 22.0 Å². The van der Waals surface area contributed by atoms with Crippen molar-refractivity contribution in [3.05, 3.63) is 70.9 Å². The monoisotopic (exact) mass is 274 g/mol. The average molecular weight is 274 g/mol. The second kappa shape index (κ2) is 5.26. The van der Waals surface area contributed by atoms with Gasteiger partial charge in [0, 0.05) is 29.1 Å². The molecule has 102 valence electrons. The standard InChI is InChI=1S/C18H14N2O/c1-12-3-2-4-13(7-12)9-18(21)16-11-20-17-6-5-14(10-19)8-15(16)17/h2-8,11,20H,9H2,1H3. The molecule has 0 aliphatic carbocycles. The molecule has 0 spiro atoms. The summed E-state index contributed by atoms with van der Waals surface area (Å²) in [5.41, 5.74) is 4.23. The molecule has 0 atom stereocenters. The van der Waals surface area contributed by atoms with E-state index >= 15 is 0 Å². The number of hydrogen-bond acceptors (Lipinski definition) is 2. The number of carbonyl (C=O) groups excluding carboxylic acids is 1. The Morgan fingerprint density at radius 1 is 1.24 bits per heavy atom. The predicted molar refractivity (Wildman–Crippen MR) is 82.2 cm³/mol. The highest BCUT2D eigenvalue weighted by Gasteiger charge is 2.13. The largest absolute Gasteiger partial charge is 0.360 e. The quantitative estimate of drug-likeness (QED) is 0.739. The molecule has 0 amide bonds. The number of Topliss-reactive ketones (excluding diaryl/α,β-unsaturated/α-hetero) is 1. The van der Waals surface area contributed by atoms with E-state index in [-0.39, 0.29) is 5.78 Å². The summed E-state index contributed by atoms with van der Waals surface area (Å²) in [4.78, 5) is 15.6. The first-order valence-corrected chi connectivity index (χ1v) is 6.77. The number of nitrogens with zero attached hydrogens (tertiary/aromatic N) is 1. The number of aryl methyl sites for hydroxylation is 1. The van der Waals surface area contributed by atoms with Gasteiger partial charge in [0.25, 0.3) is 0 Å². The number of aromatic amines is 1. The van der Waals surface area contributed by atoms with E-state index in [4.69, 9.17) is 5.26 Å². The lowest BCUT2D eigenvalue weighted by Crippen LogP contribution is -2.03. The average Bonchev–Trinajstić information content (AvgIpc) is 2.90. The summed E-state index contributed by atoms with van der Waals surface area (Å²) >= 11 is 0. The van der Waals surface area contributed by atoms with Crippen LogP contribution in [-0.2, 0) is 6.42 Å². The van der Waals surface area contributed by atoms with Crippen LogP contribution < -0.4 is 0 Å². The van der Waals surface area contributed by atoms with E-state index in [0.29, 0.717) is 17.5 Å². The Bertz CT molecular complexity index is 868. The Balaban J connectivity index is 1.96. The van der Waals surface area contributed by atoms with E-state index in [1.165, 1.54) is 0 Å². The highest BCUT2D eigenvalue weighted by molar-refractivity contribution is 6.08. The summed E-state index contributed by atoms with van der Waals surface area (Å²) in [5, 5.41) is 9.80. The Morgan fingerprint density at radius 3 is 2.86 bits per heavy atom. The molecule has 3 rings (SSSR count). The van der Waals surface area contributed by atoms with Crippen LogP contribution in [0.15, 0.2) is 48.7 Å². The minimum atomic E-state index is 0.0574. The summed E-state index contributed by atoms with van der Waals surface area (Å²) in [6.45, 7) is 2.01. The molecule has 1 N–H and O–H groups in total. The fourth-order valence-electron chi connectivity index (χ4n) is 2.52. The van der Waals surface area contributed by atoms with Gasteiger partial charge in [-0.25, -0.2) is 0 Å². The van der Waals surface area contributed by atoms with Gasteiger partial charge in [-0.2, -0.15) is 5.26 Å². The molecular weight excluding hydrogens is 260 g/mol. The van der Waals surface area contributed by atoms with Gasteiger partial charge in [-0.15, -0.1) is 0 Å². The minimum Gasteiger partial charge on any atom is -0.360 e. The number of H-pyrrole nitrogens is 1. The Morgan fingerprint density at radius 2 is 2.10 bits per heavy atom. The second-order valence-electron chi connectivity index (χ2n) is 5.16. The molecule has 0 aliphatic heterocycles. The highest BCUT2D eigenvalue weighted by Crippen LogP contribution is 2.21. The molecule has 3 heteroatoms. The number of aromatic nitrogens is 1. The molecule has 0 aliphatic rings. The van der Waals surface area contributed by atoms with Crippen molar-refractivity contribution in [1.29, 1.82) is 5.26 Å². The van der Waals surface area contributed by atoms with Crippen LogP contribution in [0.2, 0.25) is 0 Å². The van der Waals surface area contributed by atoms with Gasteiger partial charge in [-0.3, -0.25) is 4.79 Å². The summed E-state index contributed by atoms with van der Waals surface area (Å²) < 4.78 is 0. The lowest BCUT2D eigenvalue weighted by atomic mass is 10.0. The van der Waals surface area contributed by atoms with Gasteiger partial charge in [0.1, 0.15) is 0 Å². The van der Waals surface area contributed by atoms with Gasteiger partial charge in [-0.1, -0.05) is 29.8 Å². The van der Waals surface area contributed by atoms with Crippen molar-refractivity contribution in [3.63, 3.8) is 0 Å². The van der Waals surface area contributed by atoms with Gasteiger partial charge in [-0.05, 0) is 30.7 Å². The highest BCUT2D eigenvalue weighted by atomic mass is 16.1.